The smallest absolute Gasteiger partial charge is 0.338 e. The van der Waals surface area contributed by atoms with Gasteiger partial charge in [-0.15, -0.1) is 0 Å². The summed E-state index contributed by atoms with van der Waals surface area (Å²) < 4.78 is 10.3. The molecule has 2 atom stereocenters. The minimum Gasteiger partial charge on any atom is -0.460 e. The monoisotopic (exact) mass is 388 g/mol. The van der Waals surface area contributed by atoms with Gasteiger partial charge < -0.3 is 9.47 Å². The maximum atomic E-state index is 13.0. The number of amidine groups is 1. The summed E-state index contributed by atoms with van der Waals surface area (Å²) in [6.45, 7) is 6.25. The fourth-order valence-corrected chi connectivity index (χ4v) is 4.34. The molecule has 1 fully saturated rings. The standard InChI is InChI=1S/C20H24N2O4S/c1-5-15-18(23)22-17(14-8-6-12(2)7-9-14)16(13(3)21-20(22)27-15)19(24)26-11-10-25-4/h6-9,15,17H,5,10-11H2,1-4H3/t15-,17-/m1/s1. The zero-order chi connectivity index (χ0) is 19.6. The van der Waals surface area contributed by atoms with Crippen LogP contribution in [-0.4, -0.2) is 47.5 Å². The lowest BCUT2D eigenvalue weighted by Gasteiger charge is -2.33. The molecule has 1 aromatic carbocycles. The molecule has 1 saturated heterocycles. The third-order valence-corrected chi connectivity index (χ3v) is 5.97. The summed E-state index contributed by atoms with van der Waals surface area (Å²) in [5, 5.41) is 0.483. The molecule has 6 nitrogen and oxygen atoms in total. The number of esters is 1. The van der Waals surface area contributed by atoms with E-state index in [9.17, 15) is 9.59 Å². The number of ether oxygens (including phenoxy) is 2. The van der Waals surface area contributed by atoms with E-state index in [2.05, 4.69) is 4.99 Å². The summed E-state index contributed by atoms with van der Waals surface area (Å²) in [6.07, 6.45) is 0.715. The van der Waals surface area contributed by atoms with E-state index >= 15 is 0 Å². The van der Waals surface area contributed by atoms with Gasteiger partial charge in [0.05, 0.1) is 29.2 Å². The number of amides is 1. The van der Waals surface area contributed by atoms with Crippen LogP contribution in [0.1, 0.15) is 37.4 Å². The minimum absolute atomic E-state index is 0.0125. The van der Waals surface area contributed by atoms with Crippen LogP contribution in [0.5, 0.6) is 0 Å². The molecule has 3 rings (SSSR count). The van der Waals surface area contributed by atoms with Gasteiger partial charge in [-0.25, -0.2) is 9.79 Å². The maximum Gasteiger partial charge on any atom is 0.338 e. The Hall–Kier alpha value is -2.12. The second-order valence-electron chi connectivity index (χ2n) is 6.56. The van der Waals surface area contributed by atoms with Gasteiger partial charge in [0.15, 0.2) is 5.17 Å². The molecule has 144 valence electrons. The van der Waals surface area contributed by atoms with Crippen LogP contribution in [0.2, 0.25) is 0 Å². The Bertz CT molecular complexity index is 801. The van der Waals surface area contributed by atoms with Gasteiger partial charge in [-0.3, -0.25) is 9.69 Å². The van der Waals surface area contributed by atoms with Crippen LogP contribution in [0.15, 0.2) is 40.5 Å². The highest BCUT2D eigenvalue weighted by Crippen LogP contribution is 2.44. The Morgan fingerprint density at radius 1 is 1.22 bits per heavy atom. The Labute approximate surface area is 163 Å². The number of methoxy groups -OCH3 is 1. The van der Waals surface area contributed by atoms with Crippen molar-refractivity contribution in [1.82, 2.24) is 4.90 Å². The van der Waals surface area contributed by atoms with Crippen molar-refractivity contribution in [3.8, 4) is 0 Å². The number of allylic oxidation sites excluding steroid dienone is 1. The first-order chi connectivity index (χ1) is 13.0. The Balaban J connectivity index is 2.03. The van der Waals surface area contributed by atoms with Gasteiger partial charge in [0.1, 0.15) is 6.61 Å². The minimum atomic E-state index is -0.523. The molecular formula is C20H24N2O4S. The van der Waals surface area contributed by atoms with Crippen molar-refractivity contribution in [3.05, 3.63) is 46.7 Å². The molecule has 1 aromatic rings. The fourth-order valence-electron chi connectivity index (χ4n) is 3.21. The average molecular weight is 388 g/mol. The van der Waals surface area contributed by atoms with Crippen molar-refractivity contribution in [3.63, 3.8) is 0 Å². The van der Waals surface area contributed by atoms with Crippen molar-refractivity contribution >= 4 is 28.8 Å². The number of aryl methyl sites for hydroxylation is 1. The van der Waals surface area contributed by atoms with E-state index in [-0.39, 0.29) is 17.8 Å². The molecule has 2 heterocycles. The molecule has 0 aromatic heterocycles. The molecule has 1 amide bonds. The number of aliphatic imine (C=N–C) groups is 1. The first kappa shape index (κ1) is 19.6. The van der Waals surface area contributed by atoms with Gasteiger partial charge in [-0.1, -0.05) is 48.5 Å². The molecule has 2 aliphatic rings. The Kier molecular flexibility index (Phi) is 6.01. The van der Waals surface area contributed by atoms with Gasteiger partial charge in [-0.05, 0) is 25.8 Å². The van der Waals surface area contributed by atoms with Crippen LogP contribution < -0.4 is 0 Å². The quantitative estimate of drug-likeness (QED) is 0.553. The lowest BCUT2D eigenvalue weighted by Crippen LogP contribution is -2.40. The summed E-state index contributed by atoms with van der Waals surface area (Å²) in [6, 6.07) is 7.35. The summed E-state index contributed by atoms with van der Waals surface area (Å²) >= 11 is 1.46. The van der Waals surface area contributed by atoms with Crippen molar-refractivity contribution in [2.75, 3.05) is 20.3 Å². The number of fused-ring (bicyclic) bond motifs is 1. The third-order valence-electron chi connectivity index (χ3n) is 4.66. The van der Waals surface area contributed by atoms with Gasteiger partial charge >= 0.3 is 5.97 Å². The van der Waals surface area contributed by atoms with Gasteiger partial charge in [-0.2, -0.15) is 0 Å². The second-order valence-corrected chi connectivity index (χ2v) is 7.73. The van der Waals surface area contributed by atoms with E-state index in [1.165, 1.54) is 11.8 Å². The van der Waals surface area contributed by atoms with Crippen LogP contribution in [0.4, 0.5) is 0 Å². The molecule has 0 saturated carbocycles. The number of nitrogens with zero attached hydrogens (tertiary/aromatic N) is 2. The van der Waals surface area contributed by atoms with Gasteiger partial charge in [0.2, 0.25) is 5.91 Å². The highest BCUT2D eigenvalue weighted by Gasteiger charge is 2.47. The largest absolute Gasteiger partial charge is 0.460 e. The van der Waals surface area contributed by atoms with Gasteiger partial charge in [0, 0.05) is 7.11 Å². The first-order valence-electron chi connectivity index (χ1n) is 8.99. The van der Waals surface area contributed by atoms with E-state index < -0.39 is 12.0 Å². The first-order valence-corrected chi connectivity index (χ1v) is 9.87. The normalized spacial score (nSPS) is 22.0. The highest BCUT2D eigenvalue weighted by molar-refractivity contribution is 8.15. The maximum absolute atomic E-state index is 13.0. The average Bonchev–Trinajstić information content (AvgIpc) is 2.96. The molecule has 0 N–H and O–H groups in total. The van der Waals surface area contributed by atoms with E-state index in [0.29, 0.717) is 29.5 Å². The zero-order valence-corrected chi connectivity index (χ0v) is 16.8. The number of thioether (sulfide) groups is 1. The molecule has 0 unspecified atom stereocenters. The molecule has 0 aliphatic carbocycles. The van der Waals surface area contributed by atoms with Crippen molar-refractivity contribution in [2.24, 2.45) is 4.99 Å². The van der Waals surface area contributed by atoms with E-state index in [1.54, 1.807) is 18.9 Å². The number of carbonyl (C=O) groups is 2. The van der Waals surface area contributed by atoms with E-state index in [4.69, 9.17) is 9.47 Å². The number of benzene rings is 1. The molecule has 0 spiro atoms. The number of carbonyl (C=O) groups excluding carboxylic acids is 2. The van der Waals surface area contributed by atoms with Crippen LogP contribution in [0, 0.1) is 6.92 Å². The predicted octanol–water partition coefficient (Wildman–Crippen LogP) is 3.22. The molecular weight excluding hydrogens is 364 g/mol. The molecule has 0 bridgehead atoms. The Morgan fingerprint density at radius 2 is 1.93 bits per heavy atom. The van der Waals surface area contributed by atoms with E-state index in [0.717, 1.165) is 11.1 Å². The summed E-state index contributed by atoms with van der Waals surface area (Å²) in [4.78, 5) is 32.0. The summed E-state index contributed by atoms with van der Waals surface area (Å²) in [7, 11) is 1.55. The van der Waals surface area contributed by atoms with Crippen molar-refractivity contribution in [2.45, 2.75) is 38.5 Å². The van der Waals surface area contributed by atoms with E-state index in [1.807, 2.05) is 38.1 Å². The Morgan fingerprint density at radius 3 is 2.56 bits per heavy atom. The molecule has 27 heavy (non-hydrogen) atoms. The fraction of sp³-hybridized carbons (Fsp3) is 0.450. The lowest BCUT2D eigenvalue weighted by atomic mass is 9.93. The number of hydrogen-bond acceptors (Lipinski definition) is 6. The SMILES string of the molecule is CC[C@H]1SC2=NC(C)=C(C(=O)OCCOC)[C@@H](c3ccc(C)cc3)N2C1=O. The van der Waals surface area contributed by atoms with Crippen molar-refractivity contribution in [1.29, 1.82) is 0 Å². The van der Waals surface area contributed by atoms with Crippen molar-refractivity contribution < 1.29 is 19.1 Å². The topological polar surface area (TPSA) is 68.2 Å². The van der Waals surface area contributed by atoms with Crippen LogP contribution in [0.25, 0.3) is 0 Å². The third kappa shape index (κ3) is 3.80. The molecule has 2 aliphatic heterocycles. The zero-order valence-electron chi connectivity index (χ0n) is 16.0. The predicted molar refractivity (Wildman–Crippen MR) is 105 cm³/mol. The highest BCUT2D eigenvalue weighted by atomic mass is 32.2. The van der Waals surface area contributed by atoms with Crippen LogP contribution in [-0.2, 0) is 19.1 Å². The summed E-state index contributed by atoms with van der Waals surface area (Å²) in [5.41, 5.74) is 2.98. The van der Waals surface area contributed by atoms with Gasteiger partial charge in [0.25, 0.3) is 0 Å². The second kappa shape index (κ2) is 8.27. The van der Waals surface area contributed by atoms with Crippen LogP contribution in [0.3, 0.4) is 0 Å². The number of hydrogen-bond donors (Lipinski definition) is 0. The summed E-state index contributed by atoms with van der Waals surface area (Å²) in [5.74, 6) is -0.475. The lowest BCUT2D eigenvalue weighted by molar-refractivity contribution is -0.141. The molecule has 7 heteroatoms. The number of rotatable bonds is 6. The van der Waals surface area contributed by atoms with Crippen LogP contribution >= 0.6 is 11.8 Å². The molecule has 0 radical (unpaired) electrons.